The molecule has 59 valence electrons. The molecule has 0 aromatic heterocycles. The molecule has 0 rings (SSSR count). The van der Waals surface area contributed by atoms with Gasteiger partial charge in [0.1, 0.15) is 0 Å². The van der Waals surface area contributed by atoms with E-state index >= 15 is 0 Å². The van der Waals surface area contributed by atoms with Crippen LogP contribution in [-0.2, 0) is 46.3 Å². The summed E-state index contributed by atoms with van der Waals surface area (Å²) in [5.41, 5.74) is 0. The van der Waals surface area contributed by atoms with Crippen LogP contribution in [0.4, 0.5) is 0 Å². The maximum absolute atomic E-state index is 10.5. The van der Waals surface area contributed by atoms with Crippen molar-refractivity contribution in [1.82, 2.24) is 0 Å². The zero-order valence-corrected chi connectivity index (χ0v) is 9.84. The zero-order valence-electron chi connectivity index (χ0n) is 6.11. The van der Waals surface area contributed by atoms with E-state index < -0.39 is 7.82 Å². The van der Waals surface area contributed by atoms with Crippen molar-refractivity contribution in [2.24, 2.45) is 0 Å². The summed E-state index contributed by atoms with van der Waals surface area (Å²) in [4.78, 5) is 8.63. The summed E-state index contributed by atoms with van der Waals surface area (Å²) < 4.78 is 19.2. The molecule has 0 atom stereocenters. The van der Waals surface area contributed by atoms with E-state index in [4.69, 9.17) is 4.89 Å². The van der Waals surface area contributed by atoms with Gasteiger partial charge < -0.3 is 4.89 Å². The first-order chi connectivity index (χ1) is 4.12. The summed E-state index contributed by atoms with van der Waals surface area (Å²) in [5.74, 6) is 0. The largest absolute Gasteiger partial charge is 0.472 e. The predicted molar refractivity (Wildman–Crippen MR) is 33.1 cm³/mol. The summed E-state index contributed by atoms with van der Waals surface area (Å²) in [6.45, 7) is 3.63. The molecule has 0 spiro atoms. The Morgan fingerprint density at radius 3 is 1.80 bits per heavy atom. The maximum Gasteiger partial charge on any atom is 0.472 e. The number of hydrogen-bond acceptors (Lipinski definition) is 3. The molecule has 0 saturated heterocycles. The predicted octanol–water partition coefficient (Wildman–Crippen LogP) is 1.16. The first kappa shape index (κ1) is 13.8. The van der Waals surface area contributed by atoms with Crippen LogP contribution >= 0.6 is 7.82 Å². The molecule has 0 aliphatic heterocycles. The van der Waals surface area contributed by atoms with Crippen molar-refractivity contribution < 1.29 is 51.2 Å². The van der Waals surface area contributed by atoms with Crippen LogP contribution in [0.15, 0.2) is 0 Å². The molecular formula is C4H11O4PY. The van der Waals surface area contributed by atoms with Crippen molar-refractivity contribution in [2.75, 3.05) is 13.2 Å². The Hall–Kier alpha value is 1.21. The second-order valence-corrected chi connectivity index (χ2v) is 2.76. The van der Waals surface area contributed by atoms with E-state index in [2.05, 4.69) is 9.05 Å². The van der Waals surface area contributed by atoms with Gasteiger partial charge in [0.25, 0.3) is 0 Å². The molecule has 0 unspecified atom stereocenters. The van der Waals surface area contributed by atoms with Crippen LogP contribution in [0.2, 0.25) is 0 Å². The van der Waals surface area contributed by atoms with Crippen LogP contribution in [0, 0.1) is 0 Å². The Kier molecular flexibility index (Phi) is 9.50. The number of rotatable bonds is 4. The van der Waals surface area contributed by atoms with Crippen LogP contribution in [0.5, 0.6) is 0 Å². The fraction of sp³-hybridized carbons (Fsp3) is 1.00. The van der Waals surface area contributed by atoms with Crippen molar-refractivity contribution in [3.8, 4) is 0 Å². The molecule has 0 heterocycles. The van der Waals surface area contributed by atoms with E-state index in [0.29, 0.717) is 0 Å². The number of phosphoric ester groups is 1. The fourth-order valence-corrected chi connectivity index (χ4v) is 1.09. The summed E-state index contributed by atoms with van der Waals surface area (Å²) in [6, 6.07) is 0. The average Bonchev–Trinajstić information content (AvgIpc) is 1.64. The van der Waals surface area contributed by atoms with E-state index in [9.17, 15) is 4.57 Å². The molecule has 0 aromatic rings. The molecule has 0 bridgehead atoms. The van der Waals surface area contributed by atoms with Gasteiger partial charge in [-0.15, -0.1) is 0 Å². The normalized spacial score (nSPS) is 10.7. The summed E-state index contributed by atoms with van der Waals surface area (Å²) >= 11 is 0. The van der Waals surface area contributed by atoms with Crippen LogP contribution in [0.25, 0.3) is 0 Å². The third-order valence-corrected chi connectivity index (χ3v) is 1.75. The number of hydrogen-bond donors (Lipinski definition) is 1. The Morgan fingerprint density at radius 2 is 1.60 bits per heavy atom. The Bertz CT molecular complexity index is 108. The van der Waals surface area contributed by atoms with E-state index in [1.54, 1.807) is 13.8 Å². The molecule has 0 aromatic carbocycles. The minimum Gasteiger partial charge on any atom is -0.302 e. The van der Waals surface area contributed by atoms with Crippen molar-refractivity contribution in [3.05, 3.63) is 0 Å². The van der Waals surface area contributed by atoms with Gasteiger partial charge in [0.05, 0.1) is 13.2 Å². The molecular weight excluding hydrogens is 232 g/mol. The molecule has 0 fully saturated rings. The molecule has 0 amide bonds. The van der Waals surface area contributed by atoms with Gasteiger partial charge in [-0.05, 0) is 13.8 Å². The van der Waals surface area contributed by atoms with Crippen molar-refractivity contribution >= 4 is 7.82 Å². The second-order valence-electron chi connectivity index (χ2n) is 1.30. The molecule has 1 radical (unpaired) electrons. The van der Waals surface area contributed by atoms with Crippen LogP contribution < -0.4 is 0 Å². The van der Waals surface area contributed by atoms with E-state index in [-0.39, 0.29) is 45.9 Å². The molecule has 6 heteroatoms. The minimum atomic E-state index is -3.69. The quantitative estimate of drug-likeness (QED) is 0.752. The third kappa shape index (κ3) is 7.32. The SMILES string of the molecule is CCOP(=O)(O)OCC.[Y]. The van der Waals surface area contributed by atoms with Gasteiger partial charge in [0, 0.05) is 32.7 Å². The Labute approximate surface area is 85.8 Å². The number of phosphoric acid groups is 1. The standard InChI is InChI=1S/C4H11O4P.Y/c1-3-7-9(5,6)8-4-2;/h3-4H2,1-2H3,(H,5,6);. The summed E-state index contributed by atoms with van der Waals surface area (Å²) in [5, 5.41) is 0. The van der Waals surface area contributed by atoms with Gasteiger partial charge in [-0.1, -0.05) is 0 Å². The van der Waals surface area contributed by atoms with Gasteiger partial charge in [0.15, 0.2) is 0 Å². The van der Waals surface area contributed by atoms with Crippen molar-refractivity contribution in [1.29, 1.82) is 0 Å². The Balaban J connectivity index is 0. The maximum atomic E-state index is 10.5. The van der Waals surface area contributed by atoms with Crippen LogP contribution in [-0.4, -0.2) is 18.1 Å². The van der Waals surface area contributed by atoms with E-state index in [1.165, 1.54) is 0 Å². The minimum absolute atomic E-state index is 0. The monoisotopic (exact) mass is 243 g/mol. The average molecular weight is 243 g/mol. The molecule has 0 aliphatic rings. The zero-order chi connectivity index (χ0) is 7.33. The van der Waals surface area contributed by atoms with Crippen LogP contribution in [0.1, 0.15) is 13.8 Å². The van der Waals surface area contributed by atoms with E-state index in [1.807, 2.05) is 0 Å². The first-order valence-electron chi connectivity index (χ1n) is 2.74. The summed E-state index contributed by atoms with van der Waals surface area (Å²) in [7, 11) is -3.69. The van der Waals surface area contributed by atoms with Gasteiger partial charge in [-0.2, -0.15) is 0 Å². The second kappa shape index (κ2) is 6.90. The van der Waals surface area contributed by atoms with Crippen molar-refractivity contribution in [3.63, 3.8) is 0 Å². The van der Waals surface area contributed by atoms with Gasteiger partial charge >= 0.3 is 7.82 Å². The topological polar surface area (TPSA) is 55.8 Å². The smallest absolute Gasteiger partial charge is 0.302 e. The fourth-order valence-electron chi connectivity index (χ4n) is 0.364. The van der Waals surface area contributed by atoms with Gasteiger partial charge in [0.2, 0.25) is 0 Å². The molecule has 1 N–H and O–H groups in total. The van der Waals surface area contributed by atoms with Crippen molar-refractivity contribution in [2.45, 2.75) is 13.8 Å². The van der Waals surface area contributed by atoms with E-state index in [0.717, 1.165) is 0 Å². The van der Waals surface area contributed by atoms with Gasteiger partial charge in [-0.25, -0.2) is 4.57 Å². The third-order valence-electron chi connectivity index (χ3n) is 0.584. The molecule has 0 aliphatic carbocycles. The molecule has 4 nitrogen and oxygen atoms in total. The van der Waals surface area contributed by atoms with Crippen LogP contribution in [0.3, 0.4) is 0 Å². The molecule has 0 saturated carbocycles. The molecule has 10 heavy (non-hydrogen) atoms. The summed E-state index contributed by atoms with van der Waals surface area (Å²) in [6.07, 6.45) is 0. The van der Waals surface area contributed by atoms with Gasteiger partial charge in [-0.3, -0.25) is 9.05 Å². The Morgan fingerprint density at radius 1 is 1.30 bits per heavy atom. The first-order valence-corrected chi connectivity index (χ1v) is 4.23.